The minimum atomic E-state index is 0.0656. The predicted molar refractivity (Wildman–Crippen MR) is 96.9 cm³/mol. The van der Waals surface area contributed by atoms with Crippen molar-refractivity contribution < 1.29 is 14.6 Å². The minimum absolute atomic E-state index is 0.0656. The molecular weight excluding hydrogens is 302 g/mol. The number of nitrogens with one attached hydrogen (secondary N) is 1. The van der Waals surface area contributed by atoms with Crippen LogP contribution in [0.3, 0.4) is 0 Å². The fourth-order valence-corrected chi connectivity index (χ4v) is 2.36. The van der Waals surface area contributed by atoms with Gasteiger partial charge in [-0.05, 0) is 30.5 Å². The lowest BCUT2D eigenvalue weighted by molar-refractivity contribution is -0.121. The Kier molecular flexibility index (Phi) is 10.2. The van der Waals surface area contributed by atoms with Crippen molar-refractivity contribution in [2.24, 2.45) is 0 Å². The number of carbonyl (C=O) groups excluding carboxylic acids is 1. The number of phenolic OH excluding ortho intramolecular Hbond substituents is 1. The number of aromatic hydroxyl groups is 1. The minimum Gasteiger partial charge on any atom is -0.504 e. The van der Waals surface area contributed by atoms with Gasteiger partial charge in [0, 0.05) is 25.8 Å². The van der Waals surface area contributed by atoms with E-state index in [-0.39, 0.29) is 11.7 Å². The van der Waals surface area contributed by atoms with Gasteiger partial charge in [-0.3, -0.25) is 4.79 Å². The van der Waals surface area contributed by atoms with E-state index in [1.165, 1.54) is 13.5 Å². The van der Waals surface area contributed by atoms with Crippen LogP contribution in [-0.2, 0) is 11.3 Å². The summed E-state index contributed by atoms with van der Waals surface area (Å²) in [6.45, 7) is 2.52. The van der Waals surface area contributed by atoms with Gasteiger partial charge in [-0.2, -0.15) is 0 Å². The average Bonchev–Trinajstić information content (AvgIpc) is 2.59. The van der Waals surface area contributed by atoms with Crippen LogP contribution in [0.4, 0.5) is 0 Å². The van der Waals surface area contributed by atoms with Crippen molar-refractivity contribution >= 4 is 5.91 Å². The molecule has 0 saturated carbocycles. The van der Waals surface area contributed by atoms with E-state index in [0.717, 1.165) is 44.1 Å². The van der Waals surface area contributed by atoms with Gasteiger partial charge in [-0.25, -0.2) is 0 Å². The molecule has 1 amide bonds. The number of unbranched alkanes of at least 4 members (excludes halogenated alkanes) is 5. The second-order valence-corrected chi connectivity index (χ2v) is 5.76. The van der Waals surface area contributed by atoms with Crippen molar-refractivity contribution in [1.29, 1.82) is 0 Å². The SMILES string of the molecule is CCC#CCCCCCCCC(=O)NCc1ccc(O)c(OC)c1. The van der Waals surface area contributed by atoms with Crippen LogP contribution < -0.4 is 10.1 Å². The summed E-state index contributed by atoms with van der Waals surface area (Å²) in [5, 5.41) is 12.4. The first-order valence-electron chi connectivity index (χ1n) is 8.75. The topological polar surface area (TPSA) is 58.6 Å². The van der Waals surface area contributed by atoms with Gasteiger partial charge in [0.25, 0.3) is 0 Å². The Morgan fingerprint density at radius 2 is 1.92 bits per heavy atom. The van der Waals surface area contributed by atoms with E-state index in [4.69, 9.17) is 4.74 Å². The summed E-state index contributed by atoms with van der Waals surface area (Å²) >= 11 is 0. The number of hydrogen-bond donors (Lipinski definition) is 2. The van der Waals surface area contributed by atoms with Crippen LogP contribution in [0.1, 0.15) is 63.9 Å². The fraction of sp³-hybridized carbons (Fsp3) is 0.550. The van der Waals surface area contributed by atoms with Gasteiger partial charge in [0.2, 0.25) is 5.91 Å². The smallest absolute Gasteiger partial charge is 0.220 e. The summed E-state index contributed by atoms with van der Waals surface area (Å²) < 4.78 is 5.05. The molecule has 4 nitrogen and oxygen atoms in total. The molecule has 0 fully saturated rings. The van der Waals surface area contributed by atoms with E-state index < -0.39 is 0 Å². The van der Waals surface area contributed by atoms with E-state index in [2.05, 4.69) is 24.1 Å². The maximum Gasteiger partial charge on any atom is 0.220 e. The van der Waals surface area contributed by atoms with Gasteiger partial charge in [0.15, 0.2) is 11.5 Å². The van der Waals surface area contributed by atoms with Crippen LogP contribution in [-0.4, -0.2) is 18.1 Å². The van der Waals surface area contributed by atoms with E-state index in [9.17, 15) is 9.90 Å². The lowest BCUT2D eigenvalue weighted by atomic mass is 10.1. The third kappa shape index (κ3) is 8.47. The van der Waals surface area contributed by atoms with E-state index in [0.29, 0.717) is 18.7 Å². The molecule has 1 aromatic rings. The molecule has 0 atom stereocenters. The zero-order valence-electron chi connectivity index (χ0n) is 14.9. The second kappa shape index (κ2) is 12.3. The molecule has 132 valence electrons. The van der Waals surface area contributed by atoms with Gasteiger partial charge in [0.05, 0.1) is 7.11 Å². The largest absolute Gasteiger partial charge is 0.504 e. The Bertz CT molecular complexity index is 558. The molecule has 0 unspecified atom stereocenters. The molecule has 0 aliphatic rings. The Hall–Kier alpha value is -2.15. The van der Waals surface area contributed by atoms with Crippen LogP contribution in [0.5, 0.6) is 11.5 Å². The molecule has 0 heterocycles. The van der Waals surface area contributed by atoms with Crippen molar-refractivity contribution in [3.63, 3.8) is 0 Å². The number of phenols is 1. The molecule has 4 heteroatoms. The monoisotopic (exact) mass is 331 g/mol. The highest BCUT2D eigenvalue weighted by atomic mass is 16.5. The van der Waals surface area contributed by atoms with Gasteiger partial charge in [-0.1, -0.05) is 32.3 Å². The molecule has 0 aliphatic carbocycles. The van der Waals surface area contributed by atoms with Crippen LogP contribution in [0.2, 0.25) is 0 Å². The first-order valence-corrected chi connectivity index (χ1v) is 8.75. The predicted octanol–water partition coefficient (Wildman–Crippen LogP) is 4.16. The molecule has 1 aromatic carbocycles. The highest BCUT2D eigenvalue weighted by molar-refractivity contribution is 5.75. The molecule has 0 bridgehead atoms. The van der Waals surface area contributed by atoms with Gasteiger partial charge < -0.3 is 15.2 Å². The Morgan fingerprint density at radius 1 is 1.17 bits per heavy atom. The molecule has 0 radical (unpaired) electrons. The van der Waals surface area contributed by atoms with Crippen LogP contribution in [0.15, 0.2) is 18.2 Å². The van der Waals surface area contributed by atoms with Crippen molar-refractivity contribution in [3.8, 4) is 23.3 Å². The van der Waals surface area contributed by atoms with E-state index in [1.807, 2.05) is 0 Å². The van der Waals surface area contributed by atoms with Crippen LogP contribution in [0, 0.1) is 11.8 Å². The summed E-state index contributed by atoms with van der Waals surface area (Å²) in [6, 6.07) is 5.09. The van der Waals surface area contributed by atoms with Crippen LogP contribution >= 0.6 is 0 Å². The van der Waals surface area contributed by atoms with E-state index >= 15 is 0 Å². The Morgan fingerprint density at radius 3 is 2.67 bits per heavy atom. The number of hydrogen-bond acceptors (Lipinski definition) is 3. The highest BCUT2D eigenvalue weighted by Gasteiger charge is 2.05. The molecule has 1 rings (SSSR count). The first-order chi connectivity index (χ1) is 11.7. The van der Waals surface area contributed by atoms with Crippen molar-refractivity contribution in [2.75, 3.05) is 7.11 Å². The number of methoxy groups -OCH3 is 1. The molecule has 0 aromatic heterocycles. The van der Waals surface area contributed by atoms with E-state index in [1.54, 1.807) is 18.2 Å². The maximum absolute atomic E-state index is 11.8. The summed E-state index contributed by atoms with van der Waals surface area (Å²) in [6.07, 6.45) is 8.00. The summed E-state index contributed by atoms with van der Waals surface area (Å²) in [7, 11) is 1.51. The summed E-state index contributed by atoms with van der Waals surface area (Å²) in [5.74, 6) is 6.82. The average molecular weight is 331 g/mol. The van der Waals surface area contributed by atoms with Crippen molar-refractivity contribution in [1.82, 2.24) is 5.32 Å². The number of benzene rings is 1. The normalized spacial score (nSPS) is 9.92. The molecule has 0 aliphatic heterocycles. The van der Waals surface area contributed by atoms with Crippen molar-refractivity contribution in [2.45, 2.75) is 64.8 Å². The first kappa shape index (κ1) is 19.9. The Labute approximate surface area is 145 Å². The molecule has 24 heavy (non-hydrogen) atoms. The zero-order valence-corrected chi connectivity index (χ0v) is 14.9. The third-order valence-corrected chi connectivity index (χ3v) is 3.74. The summed E-state index contributed by atoms with van der Waals surface area (Å²) in [4.78, 5) is 11.8. The number of carbonyl (C=O) groups is 1. The van der Waals surface area contributed by atoms with Gasteiger partial charge in [0.1, 0.15) is 0 Å². The fourth-order valence-electron chi connectivity index (χ4n) is 2.36. The lowest BCUT2D eigenvalue weighted by Gasteiger charge is -2.08. The number of amides is 1. The lowest BCUT2D eigenvalue weighted by Crippen LogP contribution is -2.22. The second-order valence-electron chi connectivity index (χ2n) is 5.76. The standard InChI is InChI=1S/C20H29NO3/c1-3-4-5-6-7-8-9-10-11-12-20(23)21-16-17-13-14-18(22)19(15-17)24-2/h13-15,22H,3,6-12,16H2,1-2H3,(H,21,23). The van der Waals surface area contributed by atoms with Crippen LogP contribution in [0.25, 0.3) is 0 Å². The van der Waals surface area contributed by atoms with Crippen molar-refractivity contribution in [3.05, 3.63) is 23.8 Å². The summed E-state index contributed by atoms with van der Waals surface area (Å²) in [5.41, 5.74) is 0.909. The maximum atomic E-state index is 11.8. The molecule has 0 spiro atoms. The Balaban J connectivity index is 2.10. The highest BCUT2D eigenvalue weighted by Crippen LogP contribution is 2.26. The zero-order chi connectivity index (χ0) is 17.6. The number of rotatable bonds is 10. The third-order valence-electron chi connectivity index (χ3n) is 3.74. The van der Waals surface area contributed by atoms with Gasteiger partial charge >= 0.3 is 0 Å². The molecule has 0 saturated heterocycles. The van der Waals surface area contributed by atoms with Gasteiger partial charge in [-0.15, -0.1) is 11.8 Å². The quantitative estimate of drug-likeness (QED) is 0.500. The molecular formula is C20H29NO3. The number of ether oxygens (including phenoxy) is 1. The molecule has 2 N–H and O–H groups in total.